The van der Waals surface area contributed by atoms with Crippen LogP contribution in [0.3, 0.4) is 0 Å². The monoisotopic (exact) mass is 370 g/mol. The van der Waals surface area contributed by atoms with E-state index in [-0.39, 0.29) is 17.7 Å². The second-order valence-corrected chi connectivity index (χ2v) is 6.26. The topological polar surface area (TPSA) is 76.7 Å². The Kier molecular flexibility index (Phi) is 7.23. The first-order valence-electron chi connectivity index (χ1n) is 8.89. The largest absolute Gasteiger partial charge is 0.497 e. The fraction of sp³-hybridized carbons (Fsp3) is 0.333. The summed E-state index contributed by atoms with van der Waals surface area (Å²) in [5.41, 5.74) is 1.03. The number of hydrogen-bond donors (Lipinski definition) is 2. The third-order valence-corrected chi connectivity index (χ3v) is 4.48. The van der Waals surface area contributed by atoms with Gasteiger partial charge in [-0.3, -0.25) is 9.59 Å². The Labute approximate surface area is 159 Å². The summed E-state index contributed by atoms with van der Waals surface area (Å²) < 4.78 is 10.5. The second kappa shape index (κ2) is 9.62. The van der Waals surface area contributed by atoms with E-state index in [1.807, 2.05) is 19.9 Å². The molecule has 0 aliphatic heterocycles. The SMILES string of the molecule is CC[C@H](C)[C@H](NC(=O)c1ccccc1)C(=O)Nc1ccc(OC)cc1OC. The Morgan fingerprint density at radius 1 is 1.04 bits per heavy atom. The zero-order valence-corrected chi connectivity index (χ0v) is 16.1. The van der Waals surface area contributed by atoms with E-state index in [4.69, 9.17) is 9.47 Å². The second-order valence-electron chi connectivity index (χ2n) is 6.26. The van der Waals surface area contributed by atoms with E-state index in [0.717, 1.165) is 6.42 Å². The molecular formula is C21H26N2O4. The predicted molar refractivity (Wildman–Crippen MR) is 105 cm³/mol. The molecule has 0 spiro atoms. The van der Waals surface area contributed by atoms with Crippen LogP contribution >= 0.6 is 0 Å². The maximum absolute atomic E-state index is 12.9. The molecule has 6 nitrogen and oxygen atoms in total. The molecule has 2 aromatic carbocycles. The number of amides is 2. The van der Waals surface area contributed by atoms with Crippen molar-refractivity contribution in [2.45, 2.75) is 26.3 Å². The van der Waals surface area contributed by atoms with Crippen molar-refractivity contribution < 1.29 is 19.1 Å². The van der Waals surface area contributed by atoms with Crippen molar-refractivity contribution >= 4 is 17.5 Å². The summed E-state index contributed by atoms with van der Waals surface area (Å²) in [7, 11) is 3.08. The van der Waals surface area contributed by atoms with E-state index >= 15 is 0 Å². The van der Waals surface area contributed by atoms with E-state index in [0.29, 0.717) is 22.7 Å². The number of carbonyl (C=O) groups is 2. The Morgan fingerprint density at radius 2 is 1.74 bits per heavy atom. The Hall–Kier alpha value is -3.02. The summed E-state index contributed by atoms with van der Waals surface area (Å²) in [5.74, 6) is 0.498. The molecule has 0 bridgehead atoms. The number of ether oxygens (including phenoxy) is 2. The van der Waals surface area contributed by atoms with Gasteiger partial charge in [0, 0.05) is 11.6 Å². The third kappa shape index (κ3) is 5.23. The van der Waals surface area contributed by atoms with Crippen LogP contribution in [-0.4, -0.2) is 32.1 Å². The van der Waals surface area contributed by atoms with Crippen LogP contribution in [0.1, 0.15) is 30.6 Å². The van der Waals surface area contributed by atoms with Crippen LogP contribution in [0.25, 0.3) is 0 Å². The van der Waals surface area contributed by atoms with Gasteiger partial charge in [0.2, 0.25) is 5.91 Å². The average molecular weight is 370 g/mol. The van der Waals surface area contributed by atoms with E-state index in [2.05, 4.69) is 10.6 Å². The van der Waals surface area contributed by atoms with Crippen molar-refractivity contribution in [2.24, 2.45) is 5.92 Å². The van der Waals surface area contributed by atoms with Gasteiger partial charge in [-0.05, 0) is 30.2 Å². The number of rotatable bonds is 8. The molecule has 0 aliphatic carbocycles. The molecule has 2 rings (SSSR count). The first kappa shape index (κ1) is 20.3. The van der Waals surface area contributed by atoms with Crippen molar-refractivity contribution in [1.82, 2.24) is 5.32 Å². The van der Waals surface area contributed by atoms with Gasteiger partial charge < -0.3 is 20.1 Å². The summed E-state index contributed by atoms with van der Waals surface area (Å²) in [6.45, 7) is 3.91. The Balaban J connectivity index is 2.19. The predicted octanol–water partition coefficient (Wildman–Crippen LogP) is 3.49. The molecule has 0 saturated heterocycles. The van der Waals surface area contributed by atoms with Crippen molar-refractivity contribution in [3.8, 4) is 11.5 Å². The molecule has 27 heavy (non-hydrogen) atoms. The molecule has 2 amide bonds. The summed E-state index contributed by atoms with van der Waals surface area (Å²) in [4.78, 5) is 25.4. The lowest BCUT2D eigenvalue weighted by atomic mass is 9.97. The number of nitrogens with one attached hydrogen (secondary N) is 2. The van der Waals surface area contributed by atoms with Crippen molar-refractivity contribution in [2.75, 3.05) is 19.5 Å². The highest BCUT2D eigenvalue weighted by atomic mass is 16.5. The van der Waals surface area contributed by atoms with Gasteiger partial charge in [0.05, 0.1) is 19.9 Å². The van der Waals surface area contributed by atoms with Gasteiger partial charge in [0.1, 0.15) is 17.5 Å². The van der Waals surface area contributed by atoms with Crippen molar-refractivity contribution in [3.05, 3.63) is 54.1 Å². The van der Waals surface area contributed by atoms with Gasteiger partial charge in [-0.15, -0.1) is 0 Å². The molecule has 0 heterocycles. The number of methoxy groups -OCH3 is 2. The van der Waals surface area contributed by atoms with E-state index in [9.17, 15) is 9.59 Å². The van der Waals surface area contributed by atoms with Crippen LogP contribution in [0.5, 0.6) is 11.5 Å². The highest BCUT2D eigenvalue weighted by Gasteiger charge is 2.27. The van der Waals surface area contributed by atoms with Gasteiger partial charge in [0.15, 0.2) is 0 Å². The minimum absolute atomic E-state index is 0.0399. The molecule has 2 N–H and O–H groups in total. The fourth-order valence-corrected chi connectivity index (χ4v) is 2.63. The third-order valence-electron chi connectivity index (χ3n) is 4.48. The van der Waals surface area contributed by atoms with Crippen LogP contribution in [-0.2, 0) is 4.79 Å². The number of carbonyl (C=O) groups excluding carboxylic acids is 2. The standard InChI is InChI=1S/C21H26N2O4/c1-5-14(2)19(23-20(24)15-9-7-6-8-10-15)21(25)22-17-12-11-16(26-3)13-18(17)27-4/h6-14,19H,5H2,1-4H3,(H,22,25)(H,23,24)/t14-,19-/m0/s1. The Bertz CT molecular complexity index is 777. The van der Waals surface area contributed by atoms with E-state index < -0.39 is 6.04 Å². The maximum Gasteiger partial charge on any atom is 0.251 e. The molecule has 0 unspecified atom stereocenters. The van der Waals surface area contributed by atoms with Crippen LogP contribution in [0.4, 0.5) is 5.69 Å². The van der Waals surface area contributed by atoms with Crippen molar-refractivity contribution in [3.63, 3.8) is 0 Å². The average Bonchev–Trinajstić information content (AvgIpc) is 2.71. The maximum atomic E-state index is 12.9. The first-order valence-corrected chi connectivity index (χ1v) is 8.89. The molecule has 2 aromatic rings. The summed E-state index contributed by atoms with van der Waals surface area (Å²) in [6, 6.07) is 13.3. The molecular weight excluding hydrogens is 344 g/mol. The zero-order chi connectivity index (χ0) is 19.8. The van der Waals surface area contributed by atoms with Gasteiger partial charge in [-0.1, -0.05) is 38.5 Å². The highest BCUT2D eigenvalue weighted by molar-refractivity contribution is 6.01. The molecule has 0 aromatic heterocycles. The summed E-state index contributed by atoms with van der Waals surface area (Å²) in [5, 5.41) is 5.70. The normalized spacial score (nSPS) is 12.6. The van der Waals surface area contributed by atoms with Gasteiger partial charge >= 0.3 is 0 Å². The fourth-order valence-electron chi connectivity index (χ4n) is 2.63. The van der Waals surface area contributed by atoms with Crippen LogP contribution < -0.4 is 20.1 Å². The minimum Gasteiger partial charge on any atom is -0.497 e. The Morgan fingerprint density at radius 3 is 2.33 bits per heavy atom. The molecule has 0 aliphatic rings. The quantitative estimate of drug-likeness (QED) is 0.746. The number of anilines is 1. The van der Waals surface area contributed by atoms with E-state index in [1.54, 1.807) is 49.6 Å². The summed E-state index contributed by atoms with van der Waals surface area (Å²) in [6.07, 6.45) is 0.743. The summed E-state index contributed by atoms with van der Waals surface area (Å²) >= 11 is 0. The molecule has 6 heteroatoms. The molecule has 0 fully saturated rings. The van der Waals surface area contributed by atoms with Crippen LogP contribution in [0.2, 0.25) is 0 Å². The smallest absolute Gasteiger partial charge is 0.251 e. The van der Waals surface area contributed by atoms with Gasteiger partial charge in [-0.2, -0.15) is 0 Å². The van der Waals surface area contributed by atoms with Crippen LogP contribution in [0.15, 0.2) is 48.5 Å². The number of benzene rings is 2. The molecule has 0 saturated carbocycles. The lowest BCUT2D eigenvalue weighted by Gasteiger charge is -2.24. The number of hydrogen-bond acceptors (Lipinski definition) is 4. The molecule has 144 valence electrons. The zero-order valence-electron chi connectivity index (χ0n) is 16.1. The highest BCUT2D eigenvalue weighted by Crippen LogP contribution is 2.29. The minimum atomic E-state index is -0.672. The lowest BCUT2D eigenvalue weighted by molar-refractivity contribution is -0.119. The van der Waals surface area contributed by atoms with Crippen LogP contribution in [0, 0.1) is 5.92 Å². The van der Waals surface area contributed by atoms with Gasteiger partial charge in [-0.25, -0.2) is 0 Å². The first-order chi connectivity index (χ1) is 13.0. The molecule has 2 atom stereocenters. The lowest BCUT2D eigenvalue weighted by Crippen LogP contribution is -2.47. The van der Waals surface area contributed by atoms with E-state index in [1.165, 1.54) is 7.11 Å². The van der Waals surface area contributed by atoms with Crippen molar-refractivity contribution in [1.29, 1.82) is 0 Å². The molecule has 0 radical (unpaired) electrons. The van der Waals surface area contributed by atoms with Gasteiger partial charge in [0.25, 0.3) is 5.91 Å².